The minimum Gasteiger partial charge on any atom is -0.487 e. The summed E-state index contributed by atoms with van der Waals surface area (Å²) in [5.41, 5.74) is 1.06. The van der Waals surface area contributed by atoms with Crippen LogP contribution in [0.5, 0.6) is 5.75 Å². The van der Waals surface area contributed by atoms with Crippen LogP contribution in [-0.4, -0.2) is 0 Å². The average Bonchev–Trinajstić information content (AvgIpc) is 2.45. The number of hydrogen-bond acceptors (Lipinski definition) is 3. The summed E-state index contributed by atoms with van der Waals surface area (Å²) in [6.45, 7) is 0.113. The molecular weight excluding hydrogens is 243 g/mol. The Morgan fingerprint density at radius 3 is 2.53 bits per heavy atom. The lowest BCUT2D eigenvalue weighted by Gasteiger charge is -2.09. The molecule has 2 aromatic rings. The lowest BCUT2D eigenvalue weighted by molar-refractivity contribution is 0.303. The minimum absolute atomic E-state index is 0.113. The first-order valence-electron chi connectivity index (χ1n) is 5.55. The maximum absolute atomic E-state index is 13.4. The molecule has 0 bridgehead atoms. The zero-order valence-electron chi connectivity index (χ0n) is 9.93. The van der Waals surface area contributed by atoms with Crippen LogP contribution in [-0.2, 0) is 6.61 Å². The molecule has 0 heterocycles. The van der Waals surface area contributed by atoms with Crippen molar-refractivity contribution in [2.24, 2.45) is 0 Å². The van der Waals surface area contributed by atoms with Crippen molar-refractivity contribution in [3.63, 3.8) is 0 Å². The second-order valence-corrected chi connectivity index (χ2v) is 3.78. The van der Waals surface area contributed by atoms with Crippen molar-refractivity contribution >= 4 is 0 Å². The highest BCUT2D eigenvalue weighted by Gasteiger charge is 2.09. The zero-order valence-corrected chi connectivity index (χ0v) is 9.93. The fourth-order valence-corrected chi connectivity index (χ4v) is 1.64. The summed E-state index contributed by atoms with van der Waals surface area (Å²) >= 11 is 0. The van der Waals surface area contributed by atoms with Gasteiger partial charge >= 0.3 is 0 Å². The van der Waals surface area contributed by atoms with E-state index in [1.807, 2.05) is 0 Å². The van der Waals surface area contributed by atoms with Crippen molar-refractivity contribution in [1.29, 1.82) is 10.5 Å². The molecule has 3 nitrogen and oxygen atoms in total. The molecule has 0 N–H and O–H groups in total. The second kappa shape index (κ2) is 5.66. The number of nitrogens with zero attached hydrogens (tertiary/aromatic N) is 2. The Balaban J connectivity index is 2.23. The van der Waals surface area contributed by atoms with E-state index < -0.39 is 5.82 Å². The third kappa shape index (κ3) is 2.70. The van der Waals surface area contributed by atoms with E-state index in [1.54, 1.807) is 30.3 Å². The van der Waals surface area contributed by atoms with Gasteiger partial charge in [-0.1, -0.05) is 24.3 Å². The molecule has 0 unspecified atom stereocenters. The van der Waals surface area contributed by atoms with Gasteiger partial charge < -0.3 is 4.74 Å². The van der Waals surface area contributed by atoms with Gasteiger partial charge in [-0.2, -0.15) is 10.5 Å². The van der Waals surface area contributed by atoms with Crippen LogP contribution >= 0.6 is 0 Å². The van der Waals surface area contributed by atoms with Gasteiger partial charge in [0, 0.05) is 5.56 Å². The summed E-state index contributed by atoms with van der Waals surface area (Å²) < 4.78 is 18.8. The van der Waals surface area contributed by atoms with E-state index in [-0.39, 0.29) is 17.9 Å². The van der Waals surface area contributed by atoms with Crippen LogP contribution in [0.3, 0.4) is 0 Å². The van der Waals surface area contributed by atoms with E-state index >= 15 is 0 Å². The Hall–Kier alpha value is -2.85. The summed E-state index contributed by atoms with van der Waals surface area (Å²) in [7, 11) is 0. The van der Waals surface area contributed by atoms with Crippen molar-refractivity contribution in [3.8, 4) is 17.9 Å². The Morgan fingerprint density at radius 2 is 1.79 bits per heavy atom. The number of benzene rings is 2. The van der Waals surface area contributed by atoms with Gasteiger partial charge in [-0.25, -0.2) is 4.39 Å². The lowest BCUT2D eigenvalue weighted by Crippen LogP contribution is -2.00. The van der Waals surface area contributed by atoms with E-state index in [9.17, 15) is 4.39 Å². The maximum atomic E-state index is 13.4. The number of hydrogen-bond donors (Lipinski definition) is 0. The van der Waals surface area contributed by atoms with Crippen LogP contribution < -0.4 is 4.74 Å². The normalized spacial score (nSPS) is 9.42. The lowest BCUT2D eigenvalue weighted by atomic mass is 10.1. The first-order chi connectivity index (χ1) is 9.26. The van der Waals surface area contributed by atoms with Gasteiger partial charge in [0.2, 0.25) is 0 Å². The van der Waals surface area contributed by atoms with Gasteiger partial charge in [0.1, 0.15) is 29.8 Å². The van der Waals surface area contributed by atoms with Gasteiger partial charge in [0.05, 0.1) is 11.6 Å². The number of halogens is 1. The van der Waals surface area contributed by atoms with Crippen molar-refractivity contribution in [2.45, 2.75) is 6.61 Å². The van der Waals surface area contributed by atoms with Crippen molar-refractivity contribution in [2.75, 3.05) is 0 Å². The van der Waals surface area contributed by atoms with Crippen molar-refractivity contribution < 1.29 is 9.13 Å². The first-order valence-corrected chi connectivity index (χ1v) is 5.55. The molecule has 0 aliphatic carbocycles. The predicted molar refractivity (Wildman–Crippen MR) is 66.6 cm³/mol. The van der Waals surface area contributed by atoms with E-state index in [2.05, 4.69) is 6.07 Å². The monoisotopic (exact) mass is 252 g/mol. The number of rotatable bonds is 3. The molecule has 0 aliphatic heterocycles. The highest BCUT2D eigenvalue weighted by atomic mass is 19.1. The highest BCUT2D eigenvalue weighted by Crippen LogP contribution is 2.22. The molecule has 2 rings (SSSR count). The Kier molecular flexibility index (Phi) is 3.75. The van der Waals surface area contributed by atoms with Crippen LogP contribution in [0.1, 0.15) is 16.7 Å². The standard InChI is InChI=1S/C15H9FN2O/c16-14-6-3-7-15(13(14)9-18)19-10-12-5-2-1-4-11(12)8-17/h1-7H,10H2. The molecule has 0 saturated carbocycles. The molecule has 0 aliphatic rings. The smallest absolute Gasteiger partial charge is 0.144 e. The van der Waals surface area contributed by atoms with Crippen molar-refractivity contribution in [3.05, 3.63) is 65.0 Å². The number of ether oxygens (including phenoxy) is 1. The quantitative estimate of drug-likeness (QED) is 0.843. The second-order valence-electron chi connectivity index (χ2n) is 3.78. The maximum Gasteiger partial charge on any atom is 0.144 e. The molecule has 2 aromatic carbocycles. The van der Waals surface area contributed by atoms with Gasteiger partial charge in [0.15, 0.2) is 0 Å². The largest absolute Gasteiger partial charge is 0.487 e. The molecular formula is C15H9FN2O. The Morgan fingerprint density at radius 1 is 1.00 bits per heavy atom. The third-order valence-corrected chi connectivity index (χ3v) is 2.61. The molecule has 92 valence electrons. The fraction of sp³-hybridized carbons (Fsp3) is 0.0667. The van der Waals surface area contributed by atoms with E-state index in [1.165, 1.54) is 18.2 Å². The minimum atomic E-state index is -0.617. The molecule has 0 fully saturated rings. The molecule has 0 saturated heterocycles. The van der Waals surface area contributed by atoms with Gasteiger partial charge in [-0.15, -0.1) is 0 Å². The van der Waals surface area contributed by atoms with Crippen LogP contribution in [0.15, 0.2) is 42.5 Å². The van der Waals surface area contributed by atoms with Gasteiger partial charge in [-0.3, -0.25) is 0 Å². The van der Waals surface area contributed by atoms with E-state index in [0.29, 0.717) is 11.1 Å². The van der Waals surface area contributed by atoms with E-state index in [0.717, 1.165) is 0 Å². The van der Waals surface area contributed by atoms with E-state index in [4.69, 9.17) is 15.3 Å². The molecule has 4 heteroatoms. The molecule has 19 heavy (non-hydrogen) atoms. The highest BCUT2D eigenvalue weighted by molar-refractivity contribution is 5.44. The molecule has 0 atom stereocenters. The number of nitriles is 2. The van der Waals surface area contributed by atoms with Crippen LogP contribution in [0.2, 0.25) is 0 Å². The SMILES string of the molecule is N#Cc1ccccc1COc1cccc(F)c1C#N. The van der Waals surface area contributed by atoms with Crippen molar-refractivity contribution in [1.82, 2.24) is 0 Å². The third-order valence-electron chi connectivity index (χ3n) is 2.61. The van der Waals surface area contributed by atoms with Gasteiger partial charge in [0.25, 0.3) is 0 Å². The summed E-state index contributed by atoms with van der Waals surface area (Å²) in [6, 6.07) is 15.0. The first kappa shape index (κ1) is 12.6. The summed E-state index contributed by atoms with van der Waals surface area (Å²) in [4.78, 5) is 0. The molecule has 0 radical (unpaired) electrons. The van der Waals surface area contributed by atoms with Gasteiger partial charge in [-0.05, 0) is 18.2 Å². The van der Waals surface area contributed by atoms with Crippen LogP contribution in [0.4, 0.5) is 4.39 Å². The Labute approximate surface area is 110 Å². The Bertz CT molecular complexity index is 683. The average molecular weight is 252 g/mol. The van der Waals surface area contributed by atoms with Crippen LogP contribution in [0.25, 0.3) is 0 Å². The zero-order chi connectivity index (χ0) is 13.7. The predicted octanol–water partition coefficient (Wildman–Crippen LogP) is 3.15. The molecule has 0 amide bonds. The topological polar surface area (TPSA) is 56.8 Å². The summed E-state index contributed by atoms with van der Waals surface area (Å²) in [5, 5.41) is 17.8. The molecule has 0 aromatic heterocycles. The summed E-state index contributed by atoms with van der Waals surface area (Å²) in [5.74, 6) is -0.441. The summed E-state index contributed by atoms with van der Waals surface area (Å²) in [6.07, 6.45) is 0. The van der Waals surface area contributed by atoms with Crippen LogP contribution in [0, 0.1) is 28.5 Å². The fourth-order valence-electron chi connectivity index (χ4n) is 1.64. The molecule has 0 spiro atoms.